The molecule has 1 aliphatic carbocycles. The molecular weight excluding hydrogens is 210 g/mol. The fourth-order valence-electron chi connectivity index (χ4n) is 2.71. The summed E-state index contributed by atoms with van der Waals surface area (Å²) in [6.07, 6.45) is 7.85. The maximum absolute atomic E-state index is 9.31. The molecule has 0 aromatic heterocycles. The SMILES string of the molecule is CCC(NC1CCCCC1)c1ccc(O)cc1. The Morgan fingerprint density at radius 1 is 1.18 bits per heavy atom. The zero-order chi connectivity index (χ0) is 12.1. The third-order valence-electron chi connectivity index (χ3n) is 3.75. The molecular formula is C15H23NO. The highest BCUT2D eigenvalue weighted by molar-refractivity contribution is 5.28. The number of hydrogen-bond donors (Lipinski definition) is 2. The van der Waals surface area contributed by atoms with Gasteiger partial charge in [-0.15, -0.1) is 0 Å². The third kappa shape index (κ3) is 3.47. The normalized spacial score (nSPS) is 19.1. The van der Waals surface area contributed by atoms with Crippen molar-refractivity contribution in [2.24, 2.45) is 0 Å². The Morgan fingerprint density at radius 3 is 2.41 bits per heavy atom. The first-order valence-corrected chi connectivity index (χ1v) is 6.84. The van der Waals surface area contributed by atoms with E-state index in [0.29, 0.717) is 17.8 Å². The van der Waals surface area contributed by atoms with Crippen LogP contribution < -0.4 is 5.32 Å². The van der Waals surface area contributed by atoms with Gasteiger partial charge in [-0.1, -0.05) is 38.3 Å². The summed E-state index contributed by atoms with van der Waals surface area (Å²) in [5, 5.41) is 13.1. The van der Waals surface area contributed by atoms with Gasteiger partial charge in [0.25, 0.3) is 0 Å². The van der Waals surface area contributed by atoms with E-state index in [0.717, 1.165) is 6.42 Å². The largest absolute Gasteiger partial charge is 0.508 e. The van der Waals surface area contributed by atoms with Gasteiger partial charge in [-0.3, -0.25) is 0 Å². The second-order valence-electron chi connectivity index (χ2n) is 5.05. The lowest BCUT2D eigenvalue weighted by Crippen LogP contribution is -2.34. The molecule has 2 heteroatoms. The molecule has 1 aromatic carbocycles. The molecule has 1 fully saturated rings. The molecule has 94 valence electrons. The molecule has 17 heavy (non-hydrogen) atoms. The lowest BCUT2D eigenvalue weighted by atomic mass is 9.93. The first-order valence-electron chi connectivity index (χ1n) is 6.84. The molecule has 1 unspecified atom stereocenters. The van der Waals surface area contributed by atoms with Crippen molar-refractivity contribution in [3.05, 3.63) is 29.8 Å². The summed E-state index contributed by atoms with van der Waals surface area (Å²) in [6, 6.07) is 8.72. The zero-order valence-electron chi connectivity index (χ0n) is 10.7. The minimum absolute atomic E-state index is 0.348. The molecule has 0 amide bonds. The van der Waals surface area contributed by atoms with Crippen LogP contribution in [-0.2, 0) is 0 Å². The van der Waals surface area contributed by atoms with E-state index in [9.17, 15) is 5.11 Å². The standard InChI is InChI=1S/C15H23NO/c1-2-15(12-8-10-14(17)11-9-12)16-13-6-4-3-5-7-13/h8-11,13,15-17H,2-7H2,1H3. The fourth-order valence-corrected chi connectivity index (χ4v) is 2.71. The molecule has 2 rings (SSSR count). The second-order valence-corrected chi connectivity index (χ2v) is 5.05. The minimum atomic E-state index is 0.348. The van der Waals surface area contributed by atoms with Crippen molar-refractivity contribution >= 4 is 0 Å². The number of hydrogen-bond acceptors (Lipinski definition) is 2. The lowest BCUT2D eigenvalue weighted by Gasteiger charge is -2.28. The smallest absolute Gasteiger partial charge is 0.115 e. The van der Waals surface area contributed by atoms with E-state index in [1.165, 1.54) is 37.7 Å². The second kappa shape index (κ2) is 6.06. The van der Waals surface area contributed by atoms with Crippen LogP contribution in [0.4, 0.5) is 0 Å². The highest BCUT2D eigenvalue weighted by Crippen LogP contribution is 2.24. The van der Waals surface area contributed by atoms with Crippen LogP contribution in [0.5, 0.6) is 5.75 Å². The van der Waals surface area contributed by atoms with Gasteiger partial charge in [-0.05, 0) is 37.0 Å². The van der Waals surface area contributed by atoms with Crippen LogP contribution in [-0.4, -0.2) is 11.1 Å². The number of phenolic OH excluding ortho intramolecular Hbond substituents is 1. The Bertz CT molecular complexity index is 327. The van der Waals surface area contributed by atoms with Crippen LogP contribution >= 0.6 is 0 Å². The maximum Gasteiger partial charge on any atom is 0.115 e. The number of phenols is 1. The molecule has 2 N–H and O–H groups in total. The van der Waals surface area contributed by atoms with Gasteiger partial charge in [-0.25, -0.2) is 0 Å². The highest BCUT2D eigenvalue weighted by atomic mass is 16.3. The quantitative estimate of drug-likeness (QED) is 0.829. The minimum Gasteiger partial charge on any atom is -0.508 e. The summed E-state index contributed by atoms with van der Waals surface area (Å²) in [5.41, 5.74) is 1.29. The van der Waals surface area contributed by atoms with Gasteiger partial charge in [-0.2, -0.15) is 0 Å². The number of aromatic hydroxyl groups is 1. The van der Waals surface area contributed by atoms with E-state index in [4.69, 9.17) is 0 Å². The first-order chi connectivity index (χ1) is 8.29. The highest BCUT2D eigenvalue weighted by Gasteiger charge is 2.17. The summed E-state index contributed by atoms with van der Waals surface area (Å²) >= 11 is 0. The Labute approximate surface area is 104 Å². The van der Waals surface area contributed by atoms with Crippen LogP contribution in [0.15, 0.2) is 24.3 Å². The Kier molecular flexibility index (Phi) is 4.43. The Hall–Kier alpha value is -1.02. The summed E-state index contributed by atoms with van der Waals surface area (Å²) < 4.78 is 0. The number of benzene rings is 1. The fraction of sp³-hybridized carbons (Fsp3) is 0.600. The Morgan fingerprint density at radius 2 is 1.82 bits per heavy atom. The molecule has 0 radical (unpaired) electrons. The molecule has 0 saturated heterocycles. The maximum atomic E-state index is 9.31. The summed E-state index contributed by atoms with van der Waals surface area (Å²) in [7, 11) is 0. The van der Waals surface area contributed by atoms with E-state index in [-0.39, 0.29) is 0 Å². The molecule has 2 nitrogen and oxygen atoms in total. The van der Waals surface area contributed by atoms with E-state index >= 15 is 0 Å². The van der Waals surface area contributed by atoms with Gasteiger partial charge in [0.15, 0.2) is 0 Å². The zero-order valence-corrected chi connectivity index (χ0v) is 10.7. The van der Waals surface area contributed by atoms with Crippen molar-refractivity contribution in [2.45, 2.75) is 57.5 Å². The van der Waals surface area contributed by atoms with Gasteiger partial charge < -0.3 is 10.4 Å². The molecule has 0 bridgehead atoms. The van der Waals surface area contributed by atoms with Crippen LogP contribution in [0.2, 0.25) is 0 Å². The summed E-state index contributed by atoms with van der Waals surface area (Å²) in [5.74, 6) is 0.348. The average molecular weight is 233 g/mol. The number of nitrogens with one attached hydrogen (secondary N) is 1. The Balaban J connectivity index is 1.97. The summed E-state index contributed by atoms with van der Waals surface area (Å²) in [4.78, 5) is 0. The van der Waals surface area contributed by atoms with Crippen LogP contribution in [0.25, 0.3) is 0 Å². The van der Waals surface area contributed by atoms with E-state index in [2.05, 4.69) is 12.2 Å². The predicted octanol–water partition coefficient (Wildman–Crippen LogP) is 3.77. The van der Waals surface area contributed by atoms with Crippen molar-refractivity contribution in [1.82, 2.24) is 5.32 Å². The topological polar surface area (TPSA) is 32.3 Å². The van der Waals surface area contributed by atoms with Gasteiger partial charge >= 0.3 is 0 Å². The molecule has 0 aliphatic heterocycles. The van der Waals surface area contributed by atoms with E-state index in [1.54, 1.807) is 12.1 Å². The molecule has 0 heterocycles. The van der Waals surface area contributed by atoms with Crippen molar-refractivity contribution in [2.75, 3.05) is 0 Å². The van der Waals surface area contributed by atoms with Gasteiger partial charge in [0.05, 0.1) is 0 Å². The third-order valence-corrected chi connectivity index (χ3v) is 3.75. The molecule has 1 aromatic rings. The van der Waals surface area contributed by atoms with E-state index in [1.807, 2.05) is 12.1 Å². The van der Waals surface area contributed by atoms with Crippen LogP contribution in [0.1, 0.15) is 57.1 Å². The molecule has 1 aliphatic rings. The van der Waals surface area contributed by atoms with Crippen molar-refractivity contribution in [1.29, 1.82) is 0 Å². The monoisotopic (exact) mass is 233 g/mol. The first kappa shape index (κ1) is 12.4. The lowest BCUT2D eigenvalue weighted by molar-refractivity contribution is 0.334. The van der Waals surface area contributed by atoms with Crippen molar-refractivity contribution in [3.63, 3.8) is 0 Å². The van der Waals surface area contributed by atoms with Gasteiger partial charge in [0, 0.05) is 12.1 Å². The van der Waals surface area contributed by atoms with Crippen LogP contribution in [0.3, 0.4) is 0 Å². The van der Waals surface area contributed by atoms with E-state index < -0.39 is 0 Å². The average Bonchev–Trinajstić information content (AvgIpc) is 2.38. The van der Waals surface area contributed by atoms with Crippen molar-refractivity contribution in [3.8, 4) is 5.75 Å². The predicted molar refractivity (Wildman–Crippen MR) is 71.1 cm³/mol. The van der Waals surface area contributed by atoms with Gasteiger partial charge in [0.2, 0.25) is 0 Å². The van der Waals surface area contributed by atoms with Crippen LogP contribution in [0, 0.1) is 0 Å². The molecule has 1 saturated carbocycles. The summed E-state index contributed by atoms with van der Waals surface area (Å²) in [6.45, 7) is 2.22. The van der Waals surface area contributed by atoms with Crippen molar-refractivity contribution < 1.29 is 5.11 Å². The molecule has 1 atom stereocenters. The number of rotatable bonds is 4. The van der Waals surface area contributed by atoms with Gasteiger partial charge in [0.1, 0.15) is 5.75 Å². The molecule has 0 spiro atoms.